The third-order valence-electron chi connectivity index (χ3n) is 3.97. The first kappa shape index (κ1) is 19.6. The Hall–Kier alpha value is -4.14. The van der Waals surface area contributed by atoms with Gasteiger partial charge in [-0.3, -0.25) is 10.1 Å². The summed E-state index contributed by atoms with van der Waals surface area (Å²) in [5.41, 5.74) is 2.36. The number of non-ortho nitro benzene ring substituents is 1. The molecule has 3 rings (SSSR count). The van der Waals surface area contributed by atoms with Crippen LogP contribution >= 0.6 is 0 Å². The topological polar surface area (TPSA) is 127 Å². The Morgan fingerprint density at radius 3 is 2.21 bits per heavy atom. The van der Waals surface area contributed by atoms with Crippen molar-refractivity contribution in [2.75, 3.05) is 0 Å². The number of phenols is 1. The van der Waals surface area contributed by atoms with Crippen molar-refractivity contribution in [1.29, 1.82) is 0 Å². The van der Waals surface area contributed by atoms with Gasteiger partial charge in [-0.05, 0) is 61.4 Å². The molecule has 2 aromatic carbocycles. The number of azo groups is 1. The van der Waals surface area contributed by atoms with Crippen LogP contribution in [0.2, 0.25) is 0 Å². The summed E-state index contributed by atoms with van der Waals surface area (Å²) in [6, 6.07) is 11.6. The highest BCUT2D eigenvalue weighted by molar-refractivity contribution is 5.89. The Balaban J connectivity index is 1.67. The van der Waals surface area contributed by atoms with E-state index < -0.39 is 10.9 Å². The van der Waals surface area contributed by atoms with Gasteiger partial charge in [-0.15, -0.1) is 5.11 Å². The fraction of sp³-hybridized carbons (Fsp3) is 0.100. The van der Waals surface area contributed by atoms with E-state index in [1.54, 1.807) is 32.0 Å². The van der Waals surface area contributed by atoms with Gasteiger partial charge in [-0.25, -0.2) is 9.78 Å². The van der Waals surface area contributed by atoms with Gasteiger partial charge in [0.2, 0.25) is 0 Å². The van der Waals surface area contributed by atoms with Crippen LogP contribution in [-0.4, -0.2) is 21.0 Å². The lowest BCUT2D eigenvalue weighted by molar-refractivity contribution is -0.384. The molecule has 0 saturated heterocycles. The first-order chi connectivity index (χ1) is 13.8. The quantitative estimate of drug-likeness (QED) is 0.215. The highest BCUT2D eigenvalue weighted by Gasteiger charge is 2.12. The fourth-order valence-electron chi connectivity index (χ4n) is 2.47. The molecule has 0 amide bonds. The van der Waals surface area contributed by atoms with Crippen LogP contribution in [0.4, 0.5) is 17.1 Å². The van der Waals surface area contributed by atoms with Crippen LogP contribution in [0.1, 0.15) is 21.6 Å². The van der Waals surface area contributed by atoms with Gasteiger partial charge in [-0.2, -0.15) is 5.11 Å². The molecule has 0 atom stereocenters. The second-order valence-electron chi connectivity index (χ2n) is 6.17. The van der Waals surface area contributed by atoms with Gasteiger partial charge in [0.1, 0.15) is 22.9 Å². The Morgan fingerprint density at radius 1 is 1.03 bits per heavy atom. The number of aromatic hydroxyl groups is 1. The maximum Gasteiger partial charge on any atom is 0.362 e. The number of aromatic nitrogens is 1. The predicted octanol–water partition coefficient (Wildman–Crippen LogP) is 4.95. The summed E-state index contributed by atoms with van der Waals surface area (Å²) in [5.74, 6) is -0.308. The number of nitro benzene ring substituents is 1. The molecule has 146 valence electrons. The molecule has 0 aliphatic heterocycles. The lowest BCUT2D eigenvalue weighted by Gasteiger charge is -2.04. The van der Waals surface area contributed by atoms with E-state index >= 15 is 0 Å². The van der Waals surface area contributed by atoms with Gasteiger partial charge in [0, 0.05) is 12.1 Å². The zero-order chi connectivity index (χ0) is 21.0. The molecule has 0 bridgehead atoms. The van der Waals surface area contributed by atoms with Gasteiger partial charge in [0.05, 0.1) is 16.8 Å². The number of hydrogen-bond acceptors (Lipinski definition) is 8. The van der Waals surface area contributed by atoms with E-state index in [1.807, 2.05) is 0 Å². The largest absolute Gasteiger partial charge is 0.507 e. The van der Waals surface area contributed by atoms with Crippen LogP contribution in [0.25, 0.3) is 0 Å². The van der Waals surface area contributed by atoms with E-state index in [0.717, 1.165) is 0 Å². The van der Waals surface area contributed by atoms with Crippen molar-refractivity contribution < 1.29 is 19.6 Å². The van der Waals surface area contributed by atoms with Crippen LogP contribution < -0.4 is 4.74 Å². The lowest BCUT2D eigenvalue weighted by Crippen LogP contribution is -2.10. The monoisotopic (exact) mass is 392 g/mol. The number of pyridine rings is 1. The van der Waals surface area contributed by atoms with Crippen molar-refractivity contribution in [1.82, 2.24) is 4.98 Å². The van der Waals surface area contributed by atoms with Crippen molar-refractivity contribution >= 4 is 23.0 Å². The van der Waals surface area contributed by atoms with E-state index in [1.165, 1.54) is 36.5 Å². The summed E-state index contributed by atoms with van der Waals surface area (Å²) >= 11 is 0. The van der Waals surface area contributed by atoms with E-state index in [2.05, 4.69) is 15.2 Å². The number of phenolic OH excluding ortho intramolecular Hbond substituents is 1. The summed E-state index contributed by atoms with van der Waals surface area (Å²) in [4.78, 5) is 26.2. The minimum atomic E-state index is -0.702. The zero-order valence-electron chi connectivity index (χ0n) is 15.6. The molecule has 0 radical (unpaired) electrons. The SMILES string of the molecule is Cc1cc(/N=N/c2ccc(C(=O)Oc3ccc([N+](=O)[O-])cc3)nc2)cc(C)c1O. The van der Waals surface area contributed by atoms with Gasteiger partial charge in [-0.1, -0.05) is 0 Å². The minimum absolute atomic E-state index is 0.0543. The summed E-state index contributed by atoms with van der Waals surface area (Å²) in [6.45, 7) is 3.54. The number of benzene rings is 2. The molecular weight excluding hydrogens is 376 g/mol. The highest BCUT2D eigenvalue weighted by Crippen LogP contribution is 2.28. The first-order valence-corrected chi connectivity index (χ1v) is 8.48. The number of ether oxygens (including phenoxy) is 1. The van der Waals surface area contributed by atoms with Crippen molar-refractivity contribution in [3.63, 3.8) is 0 Å². The second kappa shape index (κ2) is 8.26. The van der Waals surface area contributed by atoms with Crippen LogP contribution in [-0.2, 0) is 0 Å². The molecule has 3 aromatic rings. The van der Waals surface area contributed by atoms with Crippen molar-refractivity contribution in [2.45, 2.75) is 13.8 Å². The number of carbonyl (C=O) groups excluding carboxylic acids is 1. The van der Waals surface area contributed by atoms with E-state index in [4.69, 9.17) is 4.74 Å². The number of nitrogens with zero attached hydrogens (tertiary/aromatic N) is 4. The average molecular weight is 392 g/mol. The molecule has 0 saturated carbocycles. The molecule has 1 heterocycles. The molecule has 9 heteroatoms. The Kier molecular flexibility index (Phi) is 5.59. The molecular formula is C20H16N4O5. The predicted molar refractivity (Wildman–Crippen MR) is 104 cm³/mol. The minimum Gasteiger partial charge on any atom is -0.507 e. The van der Waals surface area contributed by atoms with Gasteiger partial charge >= 0.3 is 5.97 Å². The number of hydrogen-bond donors (Lipinski definition) is 1. The zero-order valence-corrected chi connectivity index (χ0v) is 15.6. The molecule has 29 heavy (non-hydrogen) atoms. The van der Waals surface area contributed by atoms with E-state index in [0.29, 0.717) is 22.5 Å². The summed E-state index contributed by atoms with van der Waals surface area (Å²) in [7, 11) is 0. The number of aryl methyl sites for hydroxylation is 2. The number of esters is 1. The van der Waals surface area contributed by atoms with Crippen LogP contribution in [0, 0.1) is 24.0 Å². The second-order valence-corrected chi connectivity index (χ2v) is 6.17. The maximum atomic E-state index is 12.1. The number of nitro groups is 1. The van der Waals surface area contributed by atoms with Gasteiger partial charge in [0.15, 0.2) is 0 Å². The van der Waals surface area contributed by atoms with Crippen LogP contribution in [0.5, 0.6) is 11.5 Å². The highest BCUT2D eigenvalue weighted by atomic mass is 16.6. The number of carbonyl (C=O) groups is 1. The molecule has 0 aliphatic rings. The lowest BCUT2D eigenvalue weighted by atomic mass is 10.1. The van der Waals surface area contributed by atoms with Gasteiger partial charge in [0.25, 0.3) is 5.69 Å². The molecule has 0 aliphatic carbocycles. The smallest absolute Gasteiger partial charge is 0.362 e. The fourth-order valence-corrected chi connectivity index (χ4v) is 2.47. The normalized spacial score (nSPS) is 10.8. The average Bonchev–Trinajstić information content (AvgIpc) is 2.71. The van der Waals surface area contributed by atoms with Crippen molar-refractivity contribution in [2.24, 2.45) is 10.2 Å². The standard InChI is InChI=1S/C20H16N4O5/c1-12-9-15(10-13(2)19(12)25)23-22-14-3-8-18(21-11-14)20(26)29-17-6-4-16(5-7-17)24(27)28/h3-11,25H,1-2H3/b23-22+. The van der Waals surface area contributed by atoms with Crippen molar-refractivity contribution in [3.8, 4) is 11.5 Å². The number of rotatable bonds is 5. The molecule has 0 unspecified atom stereocenters. The summed E-state index contributed by atoms with van der Waals surface area (Å²) < 4.78 is 5.14. The third kappa shape index (κ3) is 4.78. The van der Waals surface area contributed by atoms with Crippen LogP contribution in [0.3, 0.4) is 0 Å². The molecule has 0 fully saturated rings. The first-order valence-electron chi connectivity index (χ1n) is 8.48. The summed E-state index contributed by atoms with van der Waals surface area (Å²) in [5, 5.41) is 28.6. The maximum absolute atomic E-state index is 12.1. The van der Waals surface area contributed by atoms with Crippen molar-refractivity contribution in [3.05, 3.63) is 81.7 Å². The molecule has 1 aromatic heterocycles. The molecule has 9 nitrogen and oxygen atoms in total. The van der Waals surface area contributed by atoms with E-state index in [-0.39, 0.29) is 22.9 Å². The van der Waals surface area contributed by atoms with E-state index in [9.17, 15) is 20.0 Å². The summed E-state index contributed by atoms with van der Waals surface area (Å²) in [6.07, 6.45) is 1.37. The Morgan fingerprint density at radius 2 is 1.66 bits per heavy atom. The van der Waals surface area contributed by atoms with Crippen LogP contribution in [0.15, 0.2) is 65.0 Å². The molecule has 0 spiro atoms. The molecule has 1 N–H and O–H groups in total. The van der Waals surface area contributed by atoms with Gasteiger partial charge < -0.3 is 9.84 Å². The Bertz CT molecular complexity index is 1070. The Labute approximate surface area is 165 Å². The third-order valence-corrected chi connectivity index (χ3v) is 3.97.